The summed E-state index contributed by atoms with van der Waals surface area (Å²) in [5, 5.41) is 0. The van der Waals surface area contributed by atoms with E-state index in [1.807, 2.05) is 31.4 Å². The molecule has 0 unspecified atom stereocenters. The fraction of sp³-hybridized carbons (Fsp3) is 1.00. The van der Waals surface area contributed by atoms with E-state index >= 15 is 0 Å². The minimum atomic E-state index is 0. The van der Waals surface area contributed by atoms with E-state index in [4.69, 9.17) is 0 Å². The topological polar surface area (TPSA) is 0 Å². The standard InChI is InChI=1S/C3H6S3.BrH/c1-2-4-6-5-3-1;/h1-3H2;1H. The largest absolute Gasteiger partial charge is 0.114 e. The van der Waals surface area contributed by atoms with Crippen LogP contribution in [0.15, 0.2) is 0 Å². The first kappa shape index (κ1) is 8.53. The van der Waals surface area contributed by atoms with Crippen LogP contribution in [0.1, 0.15) is 6.42 Å². The normalized spacial score (nSPS) is 20.6. The maximum atomic E-state index is 1.97. The average molecular weight is 219 g/mol. The van der Waals surface area contributed by atoms with Gasteiger partial charge in [-0.2, -0.15) is 0 Å². The van der Waals surface area contributed by atoms with Crippen LogP contribution in [0.4, 0.5) is 0 Å². The predicted octanol–water partition coefficient (Wildman–Crippen LogP) is 3.00. The maximum Gasteiger partial charge on any atom is 0.00533 e. The second-order valence-corrected chi connectivity index (χ2v) is 5.54. The van der Waals surface area contributed by atoms with Crippen LogP contribution in [-0.4, -0.2) is 11.5 Å². The third-order valence-electron chi connectivity index (χ3n) is 0.552. The molecule has 1 saturated heterocycles. The molecular weight excluding hydrogens is 212 g/mol. The third-order valence-corrected chi connectivity index (χ3v) is 4.96. The van der Waals surface area contributed by atoms with Crippen LogP contribution in [0.3, 0.4) is 0 Å². The van der Waals surface area contributed by atoms with Crippen molar-refractivity contribution in [1.82, 2.24) is 0 Å². The Hall–Kier alpha value is 1.53. The first-order chi connectivity index (χ1) is 3.00. The van der Waals surface area contributed by atoms with Gasteiger partial charge in [0.25, 0.3) is 0 Å². The first-order valence-corrected chi connectivity index (χ1v) is 5.73. The summed E-state index contributed by atoms with van der Waals surface area (Å²) in [6, 6.07) is 0. The van der Waals surface area contributed by atoms with Crippen LogP contribution in [0.5, 0.6) is 0 Å². The molecule has 0 nitrogen and oxygen atoms in total. The van der Waals surface area contributed by atoms with E-state index in [1.165, 1.54) is 17.9 Å². The summed E-state index contributed by atoms with van der Waals surface area (Å²) >= 11 is 0. The predicted molar refractivity (Wildman–Crippen MR) is 47.4 cm³/mol. The minimum Gasteiger partial charge on any atom is -0.114 e. The molecule has 4 heteroatoms. The zero-order chi connectivity index (χ0) is 4.24. The summed E-state index contributed by atoms with van der Waals surface area (Å²) in [6.07, 6.45) is 1.41. The van der Waals surface area contributed by atoms with Crippen molar-refractivity contribution in [3.63, 3.8) is 0 Å². The Morgan fingerprint density at radius 1 is 1.00 bits per heavy atom. The second kappa shape index (κ2) is 5.66. The van der Waals surface area contributed by atoms with Crippen molar-refractivity contribution in [3.8, 4) is 0 Å². The highest BCUT2D eigenvalue weighted by atomic mass is 79.9. The number of hydrogen-bond donors (Lipinski definition) is 0. The van der Waals surface area contributed by atoms with E-state index in [9.17, 15) is 0 Å². The Morgan fingerprint density at radius 2 is 1.57 bits per heavy atom. The van der Waals surface area contributed by atoms with Crippen molar-refractivity contribution in [2.45, 2.75) is 6.42 Å². The van der Waals surface area contributed by atoms with Crippen molar-refractivity contribution < 1.29 is 0 Å². The molecule has 0 aromatic carbocycles. The van der Waals surface area contributed by atoms with Crippen molar-refractivity contribution in [3.05, 3.63) is 0 Å². The molecule has 7 heavy (non-hydrogen) atoms. The first-order valence-electron chi connectivity index (χ1n) is 1.91. The highest BCUT2D eigenvalue weighted by molar-refractivity contribution is 9.09. The molecule has 0 aromatic rings. The highest BCUT2D eigenvalue weighted by Crippen LogP contribution is 2.39. The van der Waals surface area contributed by atoms with Gasteiger partial charge >= 0.3 is 0 Å². The van der Waals surface area contributed by atoms with Gasteiger partial charge in [0, 0.05) is 11.5 Å². The van der Waals surface area contributed by atoms with E-state index in [0.717, 1.165) is 0 Å². The van der Waals surface area contributed by atoms with E-state index in [0.29, 0.717) is 0 Å². The van der Waals surface area contributed by atoms with Gasteiger partial charge in [-0.05, 0) is 16.2 Å². The molecular formula is C3H7BrS3. The molecule has 1 aliphatic rings. The number of rotatable bonds is 0. The fourth-order valence-electron chi connectivity index (χ4n) is 0.279. The Balaban J connectivity index is 0.000000360. The van der Waals surface area contributed by atoms with Gasteiger partial charge in [0.2, 0.25) is 0 Å². The molecule has 0 saturated carbocycles. The molecule has 0 aliphatic carbocycles. The molecule has 0 N–H and O–H groups in total. The summed E-state index contributed by atoms with van der Waals surface area (Å²) < 4.78 is 0. The minimum absolute atomic E-state index is 0. The van der Waals surface area contributed by atoms with Crippen LogP contribution in [0.2, 0.25) is 0 Å². The van der Waals surface area contributed by atoms with Gasteiger partial charge in [0.15, 0.2) is 0 Å². The van der Waals surface area contributed by atoms with Gasteiger partial charge in [0.1, 0.15) is 0 Å². The van der Waals surface area contributed by atoms with Crippen molar-refractivity contribution in [2.75, 3.05) is 11.5 Å². The number of hydrogen-bond acceptors (Lipinski definition) is 3. The van der Waals surface area contributed by atoms with Gasteiger partial charge in [-0.3, -0.25) is 0 Å². The molecule has 1 fully saturated rings. The van der Waals surface area contributed by atoms with Gasteiger partial charge in [-0.15, -0.1) is 17.0 Å². The number of halogens is 1. The van der Waals surface area contributed by atoms with Crippen LogP contribution in [-0.2, 0) is 0 Å². The summed E-state index contributed by atoms with van der Waals surface area (Å²) in [5.41, 5.74) is 0. The second-order valence-electron chi connectivity index (χ2n) is 1.07. The smallest absolute Gasteiger partial charge is 0.00533 e. The molecule has 0 amide bonds. The summed E-state index contributed by atoms with van der Waals surface area (Å²) in [4.78, 5) is 0. The quantitative estimate of drug-likeness (QED) is 0.575. The lowest BCUT2D eigenvalue weighted by Crippen LogP contribution is -1.82. The van der Waals surface area contributed by atoms with Crippen LogP contribution in [0.25, 0.3) is 0 Å². The summed E-state index contributed by atoms with van der Waals surface area (Å²) in [7, 11) is 5.88. The van der Waals surface area contributed by atoms with Crippen molar-refractivity contribution in [2.24, 2.45) is 0 Å². The summed E-state index contributed by atoms with van der Waals surface area (Å²) in [6.45, 7) is 0. The molecule has 0 bridgehead atoms. The Bertz CT molecular complexity index is 25.7. The lowest BCUT2D eigenvalue weighted by atomic mass is 10.6. The lowest BCUT2D eigenvalue weighted by Gasteiger charge is -2.04. The Kier molecular flexibility index (Phi) is 6.90. The zero-order valence-electron chi connectivity index (χ0n) is 3.75. The molecule has 0 atom stereocenters. The van der Waals surface area contributed by atoms with Crippen molar-refractivity contribution >= 4 is 48.4 Å². The fourth-order valence-corrected chi connectivity index (χ4v) is 4.35. The third kappa shape index (κ3) is 4.06. The van der Waals surface area contributed by atoms with Crippen LogP contribution in [0, 0.1) is 0 Å². The average Bonchev–Trinajstić information content (AvgIpc) is 1.72. The molecule has 1 heterocycles. The monoisotopic (exact) mass is 218 g/mol. The molecule has 0 radical (unpaired) electrons. The van der Waals surface area contributed by atoms with Crippen molar-refractivity contribution in [1.29, 1.82) is 0 Å². The van der Waals surface area contributed by atoms with Gasteiger partial charge in [-0.1, -0.05) is 21.6 Å². The van der Waals surface area contributed by atoms with E-state index in [-0.39, 0.29) is 17.0 Å². The molecule has 0 spiro atoms. The van der Waals surface area contributed by atoms with Gasteiger partial charge in [0.05, 0.1) is 0 Å². The van der Waals surface area contributed by atoms with E-state index in [1.54, 1.807) is 0 Å². The lowest BCUT2D eigenvalue weighted by molar-refractivity contribution is 1.13. The summed E-state index contributed by atoms with van der Waals surface area (Å²) in [5.74, 6) is 2.72. The molecule has 44 valence electrons. The molecule has 1 rings (SSSR count). The van der Waals surface area contributed by atoms with E-state index < -0.39 is 0 Å². The SMILES string of the molecule is Br.C1CSSSC1. The van der Waals surface area contributed by atoms with Gasteiger partial charge < -0.3 is 0 Å². The highest BCUT2D eigenvalue weighted by Gasteiger charge is 1.97. The molecule has 0 aromatic heterocycles. The van der Waals surface area contributed by atoms with Crippen LogP contribution >= 0.6 is 48.4 Å². The Labute approximate surface area is 66.1 Å². The van der Waals surface area contributed by atoms with Gasteiger partial charge in [-0.25, -0.2) is 0 Å². The Morgan fingerprint density at radius 3 is 1.71 bits per heavy atom. The van der Waals surface area contributed by atoms with E-state index in [2.05, 4.69) is 0 Å². The molecule has 1 aliphatic heterocycles. The zero-order valence-corrected chi connectivity index (χ0v) is 7.92. The van der Waals surface area contributed by atoms with Crippen LogP contribution < -0.4 is 0 Å². The maximum absolute atomic E-state index is 1.97.